The van der Waals surface area contributed by atoms with E-state index < -0.39 is 0 Å². The quantitative estimate of drug-likeness (QED) is 0.491. The summed E-state index contributed by atoms with van der Waals surface area (Å²) in [4.78, 5) is 2.68. The van der Waals surface area contributed by atoms with Crippen LogP contribution in [0.25, 0.3) is 0 Å². The fourth-order valence-electron chi connectivity index (χ4n) is 4.61. The molecule has 2 aromatic rings. The molecule has 2 nitrogen and oxygen atoms in total. The molecule has 0 amide bonds. The van der Waals surface area contributed by atoms with Gasteiger partial charge in [-0.15, -0.1) is 0 Å². The molecule has 0 N–H and O–H groups in total. The average Bonchev–Trinajstić information content (AvgIpc) is 2.70. The highest BCUT2D eigenvalue weighted by molar-refractivity contribution is 5.16. The van der Waals surface area contributed by atoms with Crippen molar-refractivity contribution >= 4 is 0 Å². The molecule has 0 saturated carbocycles. The smallest absolute Gasteiger partial charge is 0.0973 e. The van der Waals surface area contributed by atoms with Crippen LogP contribution in [0.4, 0.5) is 0 Å². The van der Waals surface area contributed by atoms with E-state index in [-0.39, 0.29) is 0 Å². The molecule has 1 aliphatic rings. The minimum absolute atomic E-state index is 0.600. The first kappa shape index (κ1) is 19.9. The molecule has 144 valence electrons. The van der Waals surface area contributed by atoms with E-state index in [1.165, 1.54) is 41.8 Å². The molecule has 2 atom stereocenters. The number of quaternary nitrogens is 1. The summed E-state index contributed by atoms with van der Waals surface area (Å²) < 4.78 is 1.17. The molecule has 0 aliphatic carbocycles. The molecule has 3 rings (SSSR count). The maximum absolute atomic E-state index is 4.07. The Hall–Kier alpha value is -1.90. The second kappa shape index (κ2) is 9.34. The minimum Gasteiger partial charge on any atom is -0.316 e. The Bertz CT molecular complexity index is 687. The molecule has 1 fully saturated rings. The predicted octanol–water partition coefficient (Wildman–Crippen LogP) is 4.57. The Morgan fingerprint density at radius 1 is 0.889 bits per heavy atom. The number of hydrogen-bond acceptors (Lipinski definition) is 1. The first-order valence-corrected chi connectivity index (χ1v) is 10.4. The first-order valence-electron chi connectivity index (χ1n) is 10.4. The van der Waals surface area contributed by atoms with Crippen molar-refractivity contribution in [1.29, 1.82) is 0 Å². The molecule has 1 aliphatic heterocycles. The maximum Gasteiger partial charge on any atom is 0.0973 e. The molecule has 1 saturated heterocycles. The summed E-state index contributed by atoms with van der Waals surface area (Å²) in [6, 6.07) is 23.1. The first-order chi connectivity index (χ1) is 13.1. The normalized spacial score (nSPS) is 19.3. The monoisotopic (exact) mass is 363 g/mol. The summed E-state index contributed by atoms with van der Waals surface area (Å²) >= 11 is 0. The van der Waals surface area contributed by atoms with Gasteiger partial charge in [0.1, 0.15) is 0 Å². The molecule has 0 aromatic heterocycles. The van der Waals surface area contributed by atoms with Crippen LogP contribution in [0.15, 0.2) is 73.3 Å². The fraction of sp³-hybridized carbons (Fsp3) is 0.440. The van der Waals surface area contributed by atoms with Crippen LogP contribution in [-0.2, 0) is 12.8 Å². The molecular formula is C25H35N2+. The number of nitrogens with zero attached hydrogens (tertiary/aromatic N) is 2. The molecule has 2 unspecified atom stereocenters. The van der Waals surface area contributed by atoms with Crippen LogP contribution in [0.3, 0.4) is 0 Å². The van der Waals surface area contributed by atoms with E-state index in [4.69, 9.17) is 0 Å². The minimum atomic E-state index is 0.600. The molecule has 0 radical (unpaired) electrons. The van der Waals surface area contributed by atoms with Crippen LogP contribution in [-0.4, -0.2) is 54.2 Å². The lowest BCUT2D eigenvalue weighted by Gasteiger charge is -2.49. The van der Waals surface area contributed by atoms with E-state index >= 15 is 0 Å². The van der Waals surface area contributed by atoms with Crippen molar-refractivity contribution in [3.63, 3.8) is 0 Å². The summed E-state index contributed by atoms with van der Waals surface area (Å²) in [7, 11) is 0. The predicted molar refractivity (Wildman–Crippen MR) is 116 cm³/mol. The number of rotatable bonds is 8. The molecule has 0 bridgehead atoms. The van der Waals surface area contributed by atoms with Crippen molar-refractivity contribution < 1.29 is 4.48 Å². The molecule has 2 aromatic carbocycles. The lowest BCUT2D eigenvalue weighted by molar-refractivity contribution is -0.948. The standard InChI is InChI=1S/C25H35N2/c1-4-17-27(23(3)21-25-13-9-6-10-14-25)18-15-26(16-19-27)22(2)20-24-11-7-5-8-12-24/h4-14,22-23H,1,15-21H2,2-3H3/q+1. The topological polar surface area (TPSA) is 3.24 Å². The van der Waals surface area contributed by atoms with E-state index in [1.54, 1.807) is 0 Å². The number of hydrogen-bond donors (Lipinski definition) is 0. The van der Waals surface area contributed by atoms with Gasteiger partial charge in [-0.05, 0) is 37.5 Å². The van der Waals surface area contributed by atoms with Crippen molar-refractivity contribution in [2.24, 2.45) is 0 Å². The molecule has 1 heterocycles. The van der Waals surface area contributed by atoms with E-state index in [0.717, 1.165) is 19.4 Å². The zero-order chi connectivity index (χ0) is 19.1. The summed E-state index contributed by atoms with van der Waals surface area (Å²) in [6.07, 6.45) is 4.42. The highest BCUT2D eigenvalue weighted by atomic mass is 15.4. The van der Waals surface area contributed by atoms with Gasteiger partial charge in [0.2, 0.25) is 0 Å². The van der Waals surface area contributed by atoms with Crippen LogP contribution in [0.1, 0.15) is 25.0 Å². The van der Waals surface area contributed by atoms with Crippen LogP contribution < -0.4 is 0 Å². The third-order valence-corrected chi connectivity index (χ3v) is 6.46. The van der Waals surface area contributed by atoms with E-state index in [2.05, 4.69) is 92.1 Å². The third-order valence-electron chi connectivity index (χ3n) is 6.46. The Kier molecular flexibility index (Phi) is 6.87. The summed E-state index contributed by atoms with van der Waals surface area (Å²) in [5, 5.41) is 0. The van der Waals surface area contributed by atoms with Crippen molar-refractivity contribution in [2.75, 3.05) is 32.7 Å². The lowest BCUT2D eigenvalue weighted by Crippen LogP contribution is -2.65. The van der Waals surface area contributed by atoms with Gasteiger partial charge < -0.3 is 4.48 Å². The Morgan fingerprint density at radius 3 is 1.93 bits per heavy atom. The van der Waals surface area contributed by atoms with Crippen LogP contribution in [0.2, 0.25) is 0 Å². The van der Waals surface area contributed by atoms with E-state index in [1.807, 2.05) is 0 Å². The third kappa shape index (κ3) is 5.09. The van der Waals surface area contributed by atoms with Gasteiger partial charge in [-0.25, -0.2) is 0 Å². The van der Waals surface area contributed by atoms with Crippen molar-refractivity contribution in [3.8, 4) is 0 Å². The summed E-state index contributed by atoms with van der Waals surface area (Å²) in [5.74, 6) is 0. The Morgan fingerprint density at radius 2 is 1.41 bits per heavy atom. The number of benzene rings is 2. The van der Waals surface area contributed by atoms with Gasteiger partial charge >= 0.3 is 0 Å². The Balaban J connectivity index is 1.61. The van der Waals surface area contributed by atoms with Gasteiger partial charge in [-0.1, -0.05) is 67.2 Å². The van der Waals surface area contributed by atoms with Gasteiger partial charge in [-0.2, -0.15) is 0 Å². The zero-order valence-electron chi connectivity index (χ0n) is 17.1. The van der Waals surface area contributed by atoms with Crippen molar-refractivity contribution in [3.05, 3.63) is 84.4 Å². The van der Waals surface area contributed by atoms with Gasteiger partial charge in [0.15, 0.2) is 0 Å². The summed E-state index contributed by atoms with van der Waals surface area (Å²) in [6.45, 7) is 14.8. The number of piperazine rings is 1. The van der Waals surface area contributed by atoms with Gasteiger partial charge in [-0.3, -0.25) is 4.90 Å². The molecule has 27 heavy (non-hydrogen) atoms. The largest absolute Gasteiger partial charge is 0.316 e. The molecule has 0 spiro atoms. The zero-order valence-corrected chi connectivity index (χ0v) is 17.1. The van der Waals surface area contributed by atoms with Gasteiger partial charge in [0.25, 0.3) is 0 Å². The van der Waals surface area contributed by atoms with Crippen LogP contribution >= 0.6 is 0 Å². The van der Waals surface area contributed by atoms with Gasteiger partial charge in [0.05, 0.1) is 25.7 Å². The van der Waals surface area contributed by atoms with Crippen LogP contribution in [0.5, 0.6) is 0 Å². The Labute approximate surface area is 165 Å². The van der Waals surface area contributed by atoms with Crippen molar-refractivity contribution in [2.45, 2.75) is 38.8 Å². The maximum atomic E-state index is 4.07. The summed E-state index contributed by atoms with van der Waals surface area (Å²) in [5.41, 5.74) is 2.89. The van der Waals surface area contributed by atoms with Gasteiger partial charge in [0, 0.05) is 25.6 Å². The van der Waals surface area contributed by atoms with Crippen LogP contribution in [0, 0.1) is 0 Å². The lowest BCUT2D eigenvalue weighted by atomic mass is 10.0. The average molecular weight is 364 g/mol. The van der Waals surface area contributed by atoms with E-state index in [0.29, 0.717) is 12.1 Å². The second-order valence-corrected chi connectivity index (χ2v) is 8.25. The SMILES string of the molecule is C=CC[N+]1(C(C)Cc2ccccc2)CCN(C(C)Cc2ccccc2)CC1. The highest BCUT2D eigenvalue weighted by Crippen LogP contribution is 2.23. The highest BCUT2D eigenvalue weighted by Gasteiger charge is 2.37. The second-order valence-electron chi connectivity index (χ2n) is 8.25. The molecular weight excluding hydrogens is 328 g/mol. The fourth-order valence-corrected chi connectivity index (χ4v) is 4.61. The van der Waals surface area contributed by atoms with Crippen molar-refractivity contribution in [1.82, 2.24) is 4.90 Å². The van der Waals surface area contributed by atoms with E-state index in [9.17, 15) is 0 Å². The molecule has 2 heteroatoms.